The number of imidazole rings is 1. The van der Waals surface area contributed by atoms with Crippen LogP contribution in [0.15, 0.2) is 83.6 Å². The van der Waals surface area contributed by atoms with Crippen molar-refractivity contribution in [2.45, 2.75) is 138 Å². The second kappa shape index (κ2) is 23.2. The van der Waals surface area contributed by atoms with Crippen molar-refractivity contribution in [3.8, 4) is 21.8 Å². The Morgan fingerprint density at radius 3 is 2.32 bits per heavy atom. The molecule has 4 N–H and O–H groups in total. The quantitative estimate of drug-likeness (QED) is 0.0489. The molecule has 0 spiro atoms. The molecule has 21 heteroatoms. The van der Waals surface area contributed by atoms with E-state index < -0.39 is 50.7 Å². The molecule has 402 valence electrons. The number of aliphatic hydroxyl groups is 1. The molecule has 0 aliphatic carbocycles. The summed E-state index contributed by atoms with van der Waals surface area (Å²) in [6.45, 7) is 22.0. The van der Waals surface area contributed by atoms with Crippen LogP contribution in [-0.2, 0) is 48.5 Å². The molecule has 3 atom stereocenters. The van der Waals surface area contributed by atoms with Gasteiger partial charge in [0.25, 0.3) is 0 Å². The van der Waals surface area contributed by atoms with Gasteiger partial charge in [0, 0.05) is 43.6 Å². The van der Waals surface area contributed by atoms with Crippen LogP contribution < -0.4 is 16.0 Å². The highest BCUT2D eigenvalue weighted by atomic mass is 32.2. The number of anilines is 2. The number of benzene rings is 2. The molecule has 1 fully saturated rings. The number of aliphatic hydroxyl groups excluding tert-OH is 1. The van der Waals surface area contributed by atoms with Crippen molar-refractivity contribution in [1.29, 1.82) is 0 Å². The van der Waals surface area contributed by atoms with Crippen LogP contribution >= 0.6 is 11.3 Å². The summed E-state index contributed by atoms with van der Waals surface area (Å²) in [5.74, 6) is -0.135. The van der Waals surface area contributed by atoms with Crippen molar-refractivity contribution in [2.75, 3.05) is 30.8 Å². The first-order valence-electron chi connectivity index (χ1n) is 25.3. The van der Waals surface area contributed by atoms with E-state index in [0.29, 0.717) is 31.0 Å². The van der Waals surface area contributed by atoms with Crippen molar-refractivity contribution >= 4 is 50.5 Å². The maximum atomic E-state index is 14.1. The Labute approximate surface area is 444 Å². The number of carbonyl (C=O) groups excluding carboxylic acids is 3. The molecule has 19 nitrogen and oxygen atoms in total. The van der Waals surface area contributed by atoms with E-state index in [9.17, 15) is 27.9 Å². The maximum Gasteiger partial charge on any atom is 0.246 e. The second-order valence-corrected chi connectivity index (χ2v) is 25.3. The van der Waals surface area contributed by atoms with Gasteiger partial charge in [-0.05, 0) is 98.2 Å². The van der Waals surface area contributed by atoms with Crippen LogP contribution in [-0.4, -0.2) is 119 Å². The predicted molar refractivity (Wildman–Crippen MR) is 289 cm³/mol. The molecule has 1 aliphatic heterocycles. The molecule has 7 rings (SSSR count). The smallest absolute Gasteiger partial charge is 0.246 e. The van der Waals surface area contributed by atoms with Gasteiger partial charge in [0.05, 0.1) is 69.3 Å². The fourth-order valence-electron chi connectivity index (χ4n) is 10.1. The molecule has 0 bridgehead atoms. The Morgan fingerprint density at radius 2 is 1.65 bits per heavy atom. The van der Waals surface area contributed by atoms with Gasteiger partial charge in [-0.2, -0.15) is 0 Å². The summed E-state index contributed by atoms with van der Waals surface area (Å²) in [6.07, 6.45) is 5.61. The van der Waals surface area contributed by atoms with E-state index in [-0.39, 0.29) is 60.7 Å². The molecule has 0 radical (unpaired) electrons. The number of rotatable bonds is 22. The molecule has 2 aromatic carbocycles. The highest BCUT2D eigenvalue weighted by Gasteiger charge is 2.44. The highest BCUT2D eigenvalue weighted by Crippen LogP contribution is 2.38. The van der Waals surface area contributed by atoms with Crippen molar-refractivity contribution in [1.82, 2.24) is 55.0 Å². The summed E-state index contributed by atoms with van der Waals surface area (Å²) in [4.78, 5) is 61.4. The summed E-state index contributed by atoms with van der Waals surface area (Å²) in [7, 11) is -3.65. The van der Waals surface area contributed by atoms with Gasteiger partial charge < -0.3 is 35.3 Å². The minimum absolute atomic E-state index is 0.0360. The van der Waals surface area contributed by atoms with Crippen LogP contribution in [0.3, 0.4) is 0 Å². The summed E-state index contributed by atoms with van der Waals surface area (Å²) >= 11 is 1.57. The summed E-state index contributed by atoms with van der Waals surface area (Å²) in [5, 5.41) is 28.2. The maximum absolute atomic E-state index is 14.1. The lowest BCUT2D eigenvalue weighted by Gasteiger charge is -2.35. The molecule has 5 heterocycles. The zero-order valence-corrected chi connectivity index (χ0v) is 46.6. The Balaban J connectivity index is 0.852. The first kappa shape index (κ1) is 56.3. The van der Waals surface area contributed by atoms with Gasteiger partial charge >= 0.3 is 0 Å². The topological polar surface area (TPSA) is 241 Å². The van der Waals surface area contributed by atoms with E-state index in [2.05, 4.69) is 73.5 Å². The Bertz CT molecular complexity index is 3050. The number of nitrogens with one attached hydrogen (secondary N) is 3. The van der Waals surface area contributed by atoms with Crippen molar-refractivity contribution < 1.29 is 32.6 Å². The lowest BCUT2D eigenvalue weighted by molar-refractivity contribution is -0.144. The van der Waals surface area contributed by atoms with Gasteiger partial charge in [-0.1, -0.05) is 77.9 Å². The molecular formula is C54H72N12O7S2. The van der Waals surface area contributed by atoms with Gasteiger partial charge in [-0.25, -0.2) is 33.0 Å². The van der Waals surface area contributed by atoms with Crippen LogP contribution in [0, 0.1) is 30.1 Å². The number of aryl methyl sites for hydroxylation is 2. The number of β-amino-alcohol motifs (C(OH)–C–C–N with tert-alkyl or cyclic N) is 1. The molecule has 1 aliphatic rings. The lowest BCUT2D eigenvalue weighted by Crippen LogP contribution is -2.58. The largest absolute Gasteiger partial charge is 0.391 e. The van der Waals surface area contributed by atoms with E-state index in [1.54, 1.807) is 52.7 Å². The van der Waals surface area contributed by atoms with Crippen molar-refractivity contribution in [3.63, 3.8) is 0 Å². The summed E-state index contributed by atoms with van der Waals surface area (Å²) in [5.41, 5.74) is 6.03. The van der Waals surface area contributed by atoms with Gasteiger partial charge in [0.2, 0.25) is 23.7 Å². The van der Waals surface area contributed by atoms with E-state index in [1.165, 1.54) is 4.90 Å². The van der Waals surface area contributed by atoms with Crippen LogP contribution in [0.25, 0.3) is 21.8 Å². The first-order valence-corrected chi connectivity index (χ1v) is 27.8. The third kappa shape index (κ3) is 14.7. The standard InChI is InChI=1S/C54H72N12O7S2/c1-34(2)66-36(4)56-27-45(66)43-20-21-55-51(60-43)59-39-16-18-42(19-17-39)75(71,72)32-54(10,11)31-53(8,9)25-40-28-64(63-62-40)22-23-73-30-46(68)61-48(52(5,6)7)50(70)65-29-41(67)24-44(65)49(69)57-26-37-12-14-38(15-13-37)47-35(3)58-33-74-47/h12-21,27-28,33-34,41,44,48,67H,22-26,29-32H2,1-11H3,(H,57,69)(H,61,68)(H,55,59,60)/t41-,44+,48?/m1/s1. The second-order valence-electron chi connectivity index (χ2n) is 22.5. The average Bonchev–Trinajstić information content (AvgIpc) is 4.15. The zero-order valence-electron chi connectivity index (χ0n) is 44.9. The van der Waals surface area contributed by atoms with E-state index in [4.69, 9.17) is 9.72 Å². The number of nitrogens with zero attached hydrogens (tertiary/aromatic N) is 9. The van der Waals surface area contributed by atoms with Gasteiger partial charge in [0.15, 0.2) is 9.84 Å². The number of hydrogen-bond acceptors (Lipinski definition) is 15. The Morgan fingerprint density at radius 1 is 0.933 bits per heavy atom. The van der Waals surface area contributed by atoms with Crippen molar-refractivity contribution in [3.05, 3.63) is 101 Å². The van der Waals surface area contributed by atoms with E-state index >= 15 is 0 Å². The minimum atomic E-state index is -3.65. The summed E-state index contributed by atoms with van der Waals surface area (Å²) < 4.78 is 37.0. The van der Waals surface area contributed by atoms with Crippen LogP contribution in [0.5, 0.6) is 0 Å². The highest BCUT2D eigenvalue weighted by molar-refractivity contribution is 7.91. The molecule has 75 heavy (non-hydrogen) atoms. The van der Waals surface area contributed by atoms with Crippen LogP contribution in [0.2, 0.25) is 0 Å². The van der Waals surface area contributed by atoms with Gasteiger partial charge in [-0.15, -0.1) is 16.4 Å². The number of carbonyl (C=O) groups is 3. The molecule has 6 aromatic rings. The first-order chi connectivity index (χ1) is 35.3. The molecule has 3 amide bonds. The number of sulfone groups is 1. The third-order valence-electron chi connectivity index (χ3n) is 13.1. The predicted octanol–water partition coefficient (Wildman–Crippen LogP) is 7.28. The number of thiazole rings is 1. The normalized spacial score (nSPS) is 15.8. The molecule has 4 aromatic heterocycles. The average molecular weight is 1070 g/mol. The summed E-state index contributed by atoms with van der Waals surface area (Å²) in [6, 6.07) is 14.6. The Hall–Kier alpha value is -6.42. The Kier molecular flexibility index (Phi) is 17.4. The van der Waals surface area contributed by atoms with Crippen molar-refractivity contribution in [2.24, 2.45) is 16.2 Å². The van der Waals surface area contributed by atoms with E-state index in [1.807, 2.05) is 90.5 Å². The molecular weight excluding hydrogens is 993 g/mol. The zero-order chi connectivity index (χ0) is 54.5. The molecule has 0 saturated carbocycles. The van der Waals surface area contributed by atoms with Gasteiger partial charge in [0.1, 0.15) is 24.5 Å². The number of hydrogen-bond donors (Lipinski definition) is 4. The van der Waals surface area contributed by atoms with Gasteiger partial charge in [-0.3, -0.25) is 14.4 Å². The lowest BCUT2D eigenvalue weighted by atomic mass is 9.74. The number of amides is 3. The van der Waals surface area contributed by atoms with Crippen LogP contribution in [0.1, 0.15) is 104 Å². The fourth-order valence-corrected chi connectivity index (χ4v) is 12.7. The van der Waals surface area contributed by atoms with Crippen LogP contribution in [0.4, 0.5) is 11.6 Å². The van der Waals surface area contributed by atoms with E-state index in [0.717, 1.165) is 44.6 Å². The number of likely N-dealkylation sites (tertiary alicyclic amines) is 1. The SMILES string of the molecule is Cc1ncsc1-c1ccc(CNC(=O)[C@@H]2C[C@@H](O)CN2C(=O)C(NC(=O)COCCn2cc(CC(C)(C)CC(C)(C)CS(=O)(=O)c3ccc(Nc4nccc(-c5cnc(C)n5C(C)C)n4)cc3)nn2)C(C)(C)C)cc1. The number of aromatic nitrogens is 8. The number of ether oxygens (including phenoxy) is 1. The monoisotopic (exact) mass is 1060 g/mol. The molecule has 1 unspecified atom stereocenters. The fraction of sp³-hybridized carbons (Fsp3) is 0.500. The third-order valence-corrected chi connectivity index (χ3v) is 16.2. The molecule has 1 saturated heterocycles. The minimum Gasteiger partial charge on any atom is -0.391 e.